The summed E-state index contributed by atoms with van der Waals surface area (Å²) in [6.45, 7) is 1.95. The maximum atomic E-state index is 13.5. The van der Waals surface area contributed by atoms with Gasteiger partial charge in [-0.1, -0.05) is 19.8 Å². The molecule has 0 saturated carbocycles. The molecule has 0 spiro atoms. The highest BCUT2D eigenvalue weighted by Crippen LogP contribution is 2.28. The van der Waals surface area contributed by atoms with E-state index in [0.29, 0.717) is 6.42 Å². The molecule has 102 valence electrons. The third-order valence-corrected chi connectivity index (χ3v) is 2.47. The predicted octanol–water partition coefficient (Wildman–Crippen LogP) is 3.91. The van der Waals surface area contributed by atoms with Gasteiger partial charge in [0, 0.05) is 11.6 Å². The number of rotatable bonds is 5. The molecular weight excluding hydrogens is 250 g/mol. The molecule has 1 aromatic carbocycles. The number of hydrogen-bond donors (Lipinski definition) is 1. The Kier molecular flexibility index (Phi) is 4.95. The molecule has 18 heavy (non-hydrogen) atoms. The zero-order chi connectivity index (χ0) is 13.8. The minimum absolute atomic E-state index is 0.0465. The summed E-state index contributed by atoms with van der Waals surface area (Å²) in [5.41, 5.74) is 5.78. The summed E-state index contributed by atoms with van der Waals surface area (Å²) >= 11 is 0. The summed E-state index contributed by atoms with van der Waals surface area (Å²) < 4.78 is 53.3. The highest BCUT2D eigenvalue weighted by Gasteiger charge is 2.31. The second kappa shape index (κ2) is 6.04. The van der Waals surface area contributed by atoms with Crippen LogP contribution in [0.4, 0.5) is 17.6 Å². The molecule has 0 amide bonds. The van der Waals surface area contributed by atoms with Crippen molar-refractivity contribution < 1.29 is 22.3 Å². The van der Waals surface area contributed by atoms with E-state index in [9.17, 15) is 17.6 Å². The fourth-order valence-electron chi connectivity index (χ4n) is 1.58. The molecule has 6 heteroatoms. The van der Waals surface area contributed by atoms with Crippen LogP contribution in [-0.4, -0.2) is 6.36 Å². The molecule has 0 heterocycles. The van der Waals surface area contributed by atoms with Crippen LogP contribution in [-0.2, 0) is 0 Å². The summed E-state index contributed by atoms with van der Waals surface area (Å²) in [6, 6.07) is 2.24. The second-order valence-electron chi connectivity index (χ2n) is 3.98. The number of halogens is 4. The van der Waals surface area contributed by atoms with E-state index in [2.05, 4.69) is 4.74 Å². The lowest BCUT2D eigenvalue weighted by atomic mass is 10.0. The third-order valence-electron chi connectivity index (χ3n) is 2.47. The van der Waals surface area contributed by atoms with Crippen molar-refractivity contribution in [1.82, 2.24) is 0 Å². The van der Waals surface area contributed by atoms with Crippen LogP contribution in [0.3, 0.4) is 0 Å². The van der Waals surface area contributed by atoms with Gasteiger partial charge in [0.05, 0.1) is 0 Å². The Bertz CT molecular complexity index is 392. The van der Waals surface area contributed by atoms with E-state index in [4.69, 9.17) is 5.73 Å². The monoisotopic (exact) mass is 265 g/mol. The molecule has 0 aliphatic carbocycles. The van der Waals surface area contributed by atoms with Crippen LogP contribution in [0.2, 0.25) is 0 Å². The van der Waals surface area contributed by atoms with Crippen LogP contribution in [0.5, 0.6) is 5.75 Å². The van der Waals surface area contributed by atoms with Crippen LogP contribution < -0.4 is 10.5 Å². The van der Waals surface area contributed by atoms with Gasteiger partial charge in [-0.2, -0.15) is 0 Å². The molecule has 2 N–H and O–H groups in total. The van der Waals surface area contributed by atoms with Gasteiger partial charge in [-0.05, 0) is 24.6 Å². The number of nitrogens with two attached hydrogens (primary N) is 1. The maximum absolute atomic E-state index is 13.5. The number of hydrogen-bond acceptors (Lipinski definition) is 2. The van der Waals surface area contributed by atoms with E-state index in [0.717, 1.165) is 31.0 Å². The molecule has 0 fully saturated rings. The zero-order valence-corrected chi connectivity index (χ0v) is 9.93. The van der Waals surface area contributed by atoms with Gasteiger partial charge in [0.1, 0.15) is 11.6 Å². The van der Waals surface area contributed by atoms with E-state index in [1.165, 1.54) is 0 Å². The number of ether oxygens (including phenoxy) is 1. The molecule has 0 radical (unpaired) electrons. The van der Waals surface area contributed by atoms with Gasteiger partial charge < -0.3 is 10.5 Å². The molecule has 2 nitrogen and oxygen atoms in total. The molecule has 1 atom stereocenters. The molecule has 0 aromatic heterocycles. The minimum Gasteiger partial charge on any atom is -0.406 e. The van der Waals surface area contributed by atoms with E-state index in [1.54, 1.807) is 0 Å². The second-order valence-corrected chi connectivity index (χ2v) is 3.98. The fourth-order valence-corrected chi connectivity index (χ4v) is 1.58. The molecule has 0 aliphatic rings. The first-order valence-corrected chi connectivity index (χ1v) is 5.64. The summed E-state index contributed by atoms with van der Waals surface area (Å²) in [4.78, 5) is 0. The Labute approximate surface area is 103 Å². The van der Waals surface area contributed by atoms with E-state index < -0.39 is 24.0 Å². The van der Waals surface area contributed by atoms with Gasteiger partial charge in [-0.3, -0.25) is 0 Å². The largest absolute Gasteiger partial charge is 0.573 e. The van der Waals surface area contributed by atoms with Gasteiger partial charge in [-0.25, -0.2) is 4.39 Å². The molecule has 0 saturated heterocycles. The first-order chi connectivity index (χ1) is 8.33. The predicted molar refractivity (Wildman–Crippen MR) is 59.5 cm³/mol. The van der Waals surface area contributed by atoms with E-state index in [1.807, 2.05) is 6.92 Å². The van der Waals surface area contributed by atoms with Crippen molar-refractivity contribution in [1.29, 1.82) is 0 Å². The van der Waals surface area contributed by atoms with Gasteiger partial charge >= 0.3 is 6.36 Å². The van der Waals surface area contributed by atoms with E-state index in [-0.39, 0.29) is 5.56 Å². The Balaban J connectivity index is 2.87. The molecule has 0 bridgehead atoms. The van der Waals surface area contributed by atoms with Crippen molar-refractivity contribution in [3.8, 4) is 5.75 Å². The lowest BCUT2D eigenvalue weighted by Gasteiger charge is -2.15. The number of benzene rings is 1. The molecule has 1 aromatic rings. The maximum Gasteiger partial charge on any atom is 0.573 e. The fraction of sp³-hybridized carbons (Fsp3) is 0.500. The van der Waals surface area contributed by atoms with Crippen molar-refractivity contribution >= 4 is 0 Å². The summed E-state index contributed by atoms with van der Waals surface area (Å²) in [5.74, 6) is -1.07. The Morgan fingerprint density at radius 1 is 1.33 bits per heavy atom. The smallest absolute Gasteiger partial charge is 0.406 e. The Morgan fingerprint density at radius 3 is 2.56 bits per heavy atom. The van der Waals surface area contributed by atoms with Crippen LogP contribution in [0.25, 0.3) is 0 Å². The summed E-state index contributed by atoms with van der Waals surface area (Å²) in [5, 5.41) is 0. The lowest BCUT2D eigenvalue weighted by molar-refractivity contribution is -0.274. The average molecular weight is 265 g/mol. The van der Waals surface area contributed by atoms with Crippen molar-refractivity contribution in [3.63, 3.8) is 0 Å². The van der Waals surface area contributed by atoms with Crippen molar-refractivity contribution in [2.75, 3.05) is 0 Å². The first-order valence-electron chi connectivity index (χ1n) is 5.64. The normalized spacial score (nSPS) is 13.4. The highest BCUT2D eigenvalue weighted by atomic mass is 19.4. The lowest BCUT2D eigenvalue weighted by Crippen LogP contribution is -2.18. The van der Waals surface area contributed by atoms with Gasteiger partial charge in [0.25, 0.3) is 0 Å². The van der Waals surface area contributed by atoms with Gasteiger partial charge in [-0.15, -0.1) is 13.2 Å². The third kappa shape index (κ3) is 4.52. The molecule has 0 unspecified atom stereocenters. The topological polar surface area (TPSA) is 35.2 Å². The quantitative estimate of drug-likeness (QED) is 0.819. The van der Waals surface area contributed by atoms with Gasteiger partial charge in [0.15, 0.2) is 0 Å². The summed E-state index contributed by atoms with van der Waals surface area (Å²) in [7, 11) is 0. The van der Waals surface area contributed by atoms with Crippen LogP contribution in [0.1, 0.15) is 37.8 Å². The number of alkyl halides is 3. The molecule has 1 rings (SSSR count). The number of unbranched alkanes of at least 4 members (excludes halogenated alkanes) is 1. The summed E-state index contributed by atoms with van der Waals surface area (Å²) in [6.07, 6.45) is -2.61. The molecular formula is C12H15F4NO. The zero-order valence-electron chi connectivity index (χ0n) is 9.93. The van der Waals surface area contributed by atoms with E-state index >= 15 is 0 Å². The first kappa shape index (κ1) is 14.8. The van der Waals surface area contributed by atoms with Gasteiger partial charge in [0.2, 0.25) is 0 Å². The van der Waals surface area contributed by atoms with Crippen molar-refractivity contribution in [2.45, 2.75) is 38.6 Å². The van der Waals surface area contributed by atoms with Crippen molar-refractivity contribution in [2.24, 2.45) is 5.73 Å². The molecule has 0 aliphatic heterocycles. The Morgan fingerprint density at radius 2 is 2.00 bits per heavy atom. The minimum atomic E-state index is -4.79. The van der Waals surface area contributed by atoms with Crippen molar-refractivity contribution in [3.05, 3.63) is 29.6 Å². The standard InChI is InChI=1S/C12H15F4NO/c1-2-3-4-11(17)9-7-8(5-6-10(9)13)18-12(14,15)16/h5-7,11H,2-4,17H2,1H3/t11-/m0/s1. The highest BCUT2D eigenvalue weighted by molar-refractivity contribution is 5.32. The van der Waals surface area contributed by atoms with Crippen LogP contribution in [0, 0.1) is 5.82 Å². The average Bonchev–Trinajstić information content (AvgIpc) is 2.26. The van der Waals surface area contributed by atoms with Crippen LogP contribution in [0.15, 0.2) is 18.2 Å². The SMILES string of the molecule is CCCC[C@H](N)c1cc(OC(F)(F)F)ccc1F. The Hall–Kier alpha value is -1.30. The van der Waals surface area contributed by atoms with Crippen LogP contribution >= 0.6 is 0 Å².